The summed E-state index contributed by atoms with van der Waals surface area (Å²) in [5.74, 6) is -0.354. The molecule has 0 spiro atoms. The molecule has 1 unspecified atom stereocenters. The van der Waals surface area contributed by atoms with Crippen molar-refractivity contribution >= 4 is 5.97 Å². The summed E-state index contributed by atoms with van der Waals surface area (Å²) in [6.07, 6.45) is 2.40. The van der Waals surface area contributed by atoms with Gasteiger partial charge in [0.05, 0.1) is 13.2 Å². The van der Waals surface area contributed by atoms with Gasteiger partial charge in [-0.25, -0.2) is 4.79 Å². The Labute approximate surface area is 64.7 Å². The molecule has 4 nitrogen and oxygen atoms in total. The van der Waals surface area contributed by atoms with E-state index in [1.165, 1.54) is 6.08 Å². The van der Waals surface area contributed by atoms with Crippen molar-refractivity contribution in [3.8, 4) is 0 Å². The summed E-state index contributed by atoms with van der Waals surface area (Å²) >= 11 is 0. The first-order chi connectivity index (χ1) is 5.33. The molecule has 0 amide bonds. The first kappa shape index (κ1) is 8.23. The highest BCUT2D eigenvalue weighted by Gasteiger charge is 2.15. The van der Waals surface area contributed by atoms with E-state index in [0.717, 1.165) is 0 Å². The number of rotatable bonds is 4. The van der Waals surface area contributed by atoms with E-state index in [1.54, 1.807) is 13.2 Å². The summed E-state index contributed by atoms with van der Waals surface area (Å²) in [6, 6.07) is 0. The number of esters is 1. The van der Waals surface area contributed by atoms with Crippen LogP contribution in [0.5, 0.6) is 0 Å². The number of hydrogen-bond donors (Lipinski definition) is 0. The molecule has 62 valence electrons. The Hall–Kier alpha value is -0.870. The van der Waals surface area contributed by atoms with E-state index in [0.29, 0.717) is 13.2 Å². The first-order valence-electron chi connectivity index (χ1n) is 3.32. The van der Waals surface area contributed by atoms with Gasteiger partial charge in [-0.05, 0) is 6.08 Å². The third-order valence-electron chi connectivity index (χ3n) is 1.19. The van der Waals surface area contributed by atoms with Crippen molar-refractivity contribution in [1.29, 1.82) is 0 Å². The average Bonchev–Trinajstić information content (AvgIpc) is 2.37. The average molecular weight is 158 g/mol. The van der Waals surface area contributed by atoms with Crippen LogP contribution in [-0.2, 0) is 19.0 Å². The molecule has 0 saturated carbocycles. The van der Waals surface area contributed by atoms with Crippen LogP contribution in [0.25, 0.3) is 0 Å². The first-order valence-corrected chi connectivity index (χ1v) is 3.32. The van der Waals surface area contributed by atoms with Gasteiger partial charge in [0.15, 0.2) is 0 Å². The molecule has 0 aromatic rings. The second kappa shape index (κ2) is 4.10. The molecule has 1 aliphatic heterocycles. The number of cyclic esters (lactones) is 1. The number of ether oxygens (including phenoxy) is 3. The number of carbonyl (C=O) groups excluding carboxylic acids is 1. The van der Waals surface area contributed by atoms with Gasteiger partial charge in [-0.15, -0.1) is 0 Å². The maximum Gasteiger partial charge on any atom is 0.333 e. The van der Waals surface area contributed by atoms with Crippen molar-refractivity contribution in [3.63, 3.8) is 0 Å². The van der Waals surface area contributed by atoms with Gasteiger partial charge in [0.25, 0.3) is 0 Å². The largest absolute Gasteiger partial charge is 0.429 e. The fourth-order valence-corrected chi connectivity index (χ4v) is 0.687. The lowest BCUT2D eigenvalue weighted by atomic mass is 10.5. The molecule has 0 bridgehead atoms. The summed E-state index contributed by atoms with van der Waals surface area (Å²) in [6.45, 7) is 0.931. The number of carbonyl (C=O) groups is 1. The van der Waals surface area contributed by atoms with E-state index in [-0.39, 0.29) is 5.97 Å². The van der Waals surface area contributed by atoms with Crippen LogP contribution in [0.2, 0.25) is 0 Å². The zero-order chi connectivity index (χ0) is 8.10. The third-order valence-corrected chi connectivity index (χ3v) is 1.19. The van der Waals surface area contributed by atoms with Crippen LogP contribution in [-0.4, -0.2) is 32.6 Å². The maximum atomic E-state index is 10.5. The van der Waals surface area contributed by atoms with Gasteiger partial charge in [-0.3, -0.25) is 0 Å². The van der Waals surface area contributed by atoms with Gasteiger partial charge in [-0.1, -0.05) is 0 Å². The Bertz CT molecular complexity index is 164. The van der Waals surface area contributed by atoms with Crippen molar-refractivity contribution in [2.75, 3.05) is 20.3 Å². The SMILES string of the molecule is COCCOC1C=CC(=O)O1. The predicted octanol–water partition coefficient (Wildman–Crippen LogP) is 0.0885. The molecule has 4 heteroatoms. The Morgan fingerprint density at radius 2 is 2.45 bits per heavy atom. The molecule has 0 aromatic heterocycles. The summed E-state index contributed by atoms with van der Waals surface area (Å²) in [5.41, 5.74) is 0. The van der Waals surface area contributed by atoms with E-state index in [4.69, 9.17) is 9.47 Å². The topological polar surface area (TPSA) is 44.8 Å². The Morgan fingerprint density at radius 3 is 3.00 bits per heavy atom. The highest BCUT2D eigenvalue weighted by Crippen LogP contribution is 2.05. The Kier molecular flexibility index (Phi) is 3.07. The minimum atomic E-state index is -0.516. The molecule has 1 heterocycles. The number of hydrogen-bond acceptors (Lipinski definition) is 4. The van der Waals surface area contributed by atoms with E-state index in [2.05, 4.69) is 4.74 Å². The molecule has 1 rings (SSSR count). The Morgan fingerprint density at radius 1 is 1.64 bits per heavy atom. The molecule has 0 fully saturated rings. The van der Waals surface area contributed by atoms with Crippen LogP contribution >= 0.6 is 0 Å². The molecule has 0 radical (unpaired) electrons. The van der Waals surface area contributed by atoms with Crippen LogP contribution in [0.15, 0.2) is 12.2 Å². The lowest BCUT2D eigenvalue weighted by Gasteiger charge is -2.08. The van der Waals surface area contributed by atoms with Gasteiger partial charge in [-0.2, -0.15) is 0 Å². The summed E-state index contributed by atoms with van der Waals surface area (Å²) in [4.78, 5) is 10.5. The van der Waals surface area contributed by atoms with E-state index < -0.39 is 6.29 Å². The molecular weight excluding hydrogens is 148 g/mol. The zero-order valence-corrected chi connectivity index (χ0v) is 6.28. The van der Waals surface area contributed by atoms with E-state index in [9.17, 15) is 4.79 Å². The molecule has 0 N–H and O–H groups in total. The van der Waals surface area contributed by atoms with Crippen molar-refractivity contribution in [3.05, 3.63) is 12.2 Å². The highest BCUT2D eigenvalue weighted by molar-refractivity contribution is 5.84. The van der Waals surface area contributed by atoms with Gasteiger partial charge in [0, 0.05) is 13.2 Å². The molecule has 0 saturated heterocycles. The van der Waals surface area contributed by atoms with Crippen molar-refractivity contribution in [1.82, 2.24) is 0 Å². The number of methoxy groups -OCH3 is 1. The summed E-state index contributed by atoms with van der Waals surface area (Å²) in [7, 11) is 1.58. The molecule has 11 heavy (non-hydrogen) atoms. The fraction of sp³-hybridized carbons (Fsp3) is 0.571. The van der Waals surface area contributed by atoms with Crippen molar-refractivity contribution < 1.29 is 19.0 Å². The van der Waals surface area contributed by atoms with Crippen molar-refractivity contribution in [2.24, 2.45) is 0 Å². The van der Waals surface area contributed by atoms with Gasteiger partial charge in [0.1, 0.15) is 0 Å². The second-order valence-corrected chi connectivity index (χ2v) is 2.03. The van der Waals surface area contributed by atoms with E-state index >= 15 is 0 Å². The minimum Gasteiger partial charge on any atom is -0.429 e. The monoisotopic (exact) mass is 158 g/mol. The fourth-order valence-electron chi connectivity index (χ4n) is 0.687. The molecular formula is C7H10O4. The standard InChI is InChI=1S/C7H10O4/c1-9-4-5-10-7-3-2-6(8)11-7/h2-3,7H,4-5H2,1H3. The predicted molar refractivity (Wildman–Crippen MR) is 36.8 cm³/mol. The molecule has 1 aliphatic rings. The zero-order valence-electron chi connectivity index (χ0n) is 6.28. The lowest BCUT2D eigenvalue weighted by Crippen LogP contribution is -2.15. The lowest BCUT2D eigenvalue weighted by molar-refractivity contribution is -0.159. The van der Waals surface area contributed by atoms with Gasteiger partial charge in [0.2, 0.25) is 6.29 Å². The Balaban J connectivity index is 2.09. The quantitative estimate of drug-likeness (QED) is 0.429. The smallest absolute Gasteiger partial charge is 0.333 e. The summed E-state index contributed by atoms with van der Waals surface area (Å²) < 4.78 is 14.5. The van der Waals surface area contributed by atoms with E-state index in [1.807, 2.05) is 0 Å². The van der Waals surface area contributed by atoms with Crippen LogP contribution < -0.4 is 0 Å². The molecule has 0 aliphatic carbocycles. The van der Waals surface area contributed by atoms with Crippen LogP contribution in [0.4, 0.5) is 0 Å². The highest BCUT2D eigenvalue weighted by atomic mass is 16.7. The summed E-state index contributed by atoms with van der Waals surface area (Å²) in [5, 5.41) is 0. The molecule has 0 aromatic carbocycles. The van der Waals surface area contributed by atoms with Crippen LogP contribution in [0.1, 0.15) is 0 Å². The van der Waals surface area contributed by atoms with Crippen LogP contribution in [0.3, 0.4) is 0 Å². The second-order valence-electron chi connectivity index (χ2n) is 2.03. The van der Waals surface area contributed by atoms with Gasteiger partial charge < -0.3 is 14.2 Å². The third kappa shape index (κ3) is 2.69. The van der Waals surface area contributed by atoms with Gasteiger partial charge >= 0.3 is 5.97 Å². The normalized spacial score (nSPS) is 22.3. The maximum absolute atomic E-state index is 10.5. The minimum absolute atomic E-state index is 0.354. The van der Waals surface area contributed by atoms with Crippen molar-refractivity contribution in [2.45, 2.75) is 6.29 Å². The van der Waals surface area contributed by atoms with Crippen LogP contribution in [0, 0.1) is 0 Å². The molecule has 1 atom stereocenters.